The quantitative estimate of drug-likeness (QED) is 0.750. The summed E-state index contributed by atoms with van der Waals surface area (Å²) in [6, 6.07) is 2.47. The van der Waals surface area contributed by atoms with Crippen molar-refractivity contribution in [1.82, 2.24) is 0 Å². The second-order valence-electron chi connectivity index (χ2n) is 6.95. The van der Waals surface area contributed by atoms with Gasteiger partial charge in [-0.1, -0.05) is 33.8 Å². The van der Waals surface area contributed by atoms with Gasteiger partial charge < -0.3 is 5.73 Å². The highest BCUT2D eigenvalue weighted by Crippen LogP contribution is 2.34. The third kappa shape index (κ3) is 5.65. The molecule has 1 rings (SSSR count). The molecule has 21 heavy (non-hydrogen) atoms. The Labute approximate surface area is 123 Å². The Bertz CT molecular complexity index is 474. The first-order valence-corrected chi connectivity index (χ1v) is 7.02. The monoisotopic (exact) mass is 305 g/mol. The van der Waals surface area contributed by atoms with Crippen LogP contribution in [0.25, 0.3) is 0 Å². The molecule has 0 aliphatic carbocycles. The van der Waals surface area contributed by atoms with Crippen LogP contribution in [-0.4, -0.2) is 0 Å². The molecule has 1 aromatic rings. The average Bonchev–Trinajstić information content (AvgIpc) is 2.23. The van der Waals surface area contributed by atoms with Crippen LogP contribution in [0.2, 0.25) is 0 Å². The summed E-state index contributed by atoms with van der Waals surface area (Å²) in [6.45, 7) is 8.40. The molecule has 120 valence electrons. The lowest BCUT2D eigenvalue weighted by atomic mass is 9.82. The number of rotatable bonds is 4. The van der Waals surface area contributed by atoms with E-state index >= 15 is 0 Å². The van der Waals surface area contributed by atoms with Crippen molar-refractivity contribution in [2.24, 2.45) is 17.1 Å². The lowest BCUT2D eigenvalue weighted by Gasteiger charge is -2.25. The van der Waals surface area contributed by atoms with Crippen molar-refractivity contribution in [2.45, 2.75) is 52.8 Å². The van der Waals surface area contributed by atoms with Crippen molar-refractivity contribution in [3.8, 4) is 0 Å². The molecule has 0 aliphatic rings. The maximum atomic E-state index is 13.5. The normalized spacial score (nSPS) is 15.9. The predicted octanol–water partition coefficient (Wildman–Crippen LogP) is 5.31. The first-order valence-electron chi connectivity index (χ1n) is 7.02. The summed E-state index contributed by atoms with van der Waals surface area (Å²) in [7, 11) is 0. The maximum Gasteiger partial charge on any atom is 0.419 e. The van der Waals surface area contributed by atoms with Crippen LogP contribution >= 0.6 is 0 Å². The molecule has 2 unspecified atom stereocenters. The maximum absolute atomic E-state index is 13.5. The van der Waals surface area contributed by atoms with E-state index in [2.05, 4.69) is 20.8 Å². The summed E-state index contributed by atoms with van der Waals surface area (Å²) < 4.78 is 51.1. The Balaban J connectivity index is 2.80. The SMILES string of the molecule is CC(CC(N)c1ccc(C(F)(F)F)c(F)c1)CC(C)(C)C. The number of hydrogen-bond donors (Lipinski definition) is 1. The number of nitrogens with two attached hydrogens (primary N) is 1. The van der Waals surface area contributed by atoms with Gasteiger partial charge in [-0.3, -0.25) is 0 Å². The van der Waals surface area contributed by atoms with Gasteiger partial charge in [-0.15, -0.1) is 0 Å². The van der Waals surface area contributed by atoms with Crippen molar-refractivity contribution in [1.29, 1.82) is 0 Å². The zero-order chi connectivity index (χ0) is 16.4. The van der Waals surface area contributed by atoms with Gasteiger partial charge in [-0.25, -0.2) is 4.39 Å². The zero-order valence-electron chi connectivity index (χ0n) is 12.9. The molecule has 0 aromatic heterocycles. The van der Waals surface area contributed by atoms with E-state index in [0.29, 0.717) is 17.9 Å². The standard InChI is InChI=1S/C16H23F4N/c1-10(9-15(2,3)4)7-14(21)11-5-6-12(13(17)8-11)16(18,19)20/h5-6,8,10,14H,7,9,21H2,1-4H3. The van der Waals surface area contributed by atoms with Crippen LogP contribution in [0.4, 0.5) is 17.6 Å². The van der Waals surface area contributed by atoms with E-state index in [1.54, 1.807) is 0 Å². The van der Waals surface area contributed by atoms with Crippen LogP contribution in [0.3, 0.4) is 0 Å². The van der Waals surface area contributed by atoms with Gasteiger partial charge in [0, 0.05) is 6.04 Å². The number of halogens is 4. The highest BCUT2D eigenvalue weighted by molar-refractivity contribution is 5.28. The molecule has 0 radical (unpaired) electrons. The van der Waals surface area contributed by atoms with Gasteiger partial charge in [0.25, 0.3) is 0 Å². The molecule has 5 heteroatoms. The minimum absolute atomic E-state index is 0.157. The summed E-state index contributed by atoms with van der Waals surface area (Å²) in [4.78, 5) is 0. The fourth-order valence-corrected chi connectivity index (χ4v) is 2.69. The number of benzene rings is 1. The molecule has 0 amide bonds. The Kier molecular flexibility index (Phi) is 5.42. The smallest absolute Gasteiger partial charge is 0.324 e. The van der Waals surface area contributed by atoms with E-state index in [0.717, 1.165) is 18.6 Å². The molecule has 2 atom stereocenters. The number of hydrogen-bond acceptors (Lipinski definition) is 1. The Hall–Kier alpha value is -1.10. The molecule has 0 bridgehead atoms. The molecule has 0 saturated carbocycles. The molecule has 2 N–H and O–H groups in total. The van der Waals surface area contributed by atoms with Crippen LogP contribution in [0.5, 0.6) is 0 Å². The molecule has 1 aromatic carbocycles. The molecular weight excluding hydrogens is 282 g/mol. The van der Waals surface area contributed by atoms with Crippen molar-refractivity contribution >= 4 is 0 Å². The zero-order valence-corrected chi connectivity index (χ0v) is 12.9. The van der Waals surface area contributed by atoms with E-state index in [1.807, 2.05) is 6.92 Å². The first kappa shape index (κ1) is 18.0. The van der Waals surface area contributed by atoms with Crippen LogP contribution in [0.1, 0.15) is 57.7 Å². The van der Waals surface area contributed by atoms with Crippen LogP contribution in [-0.2, 0) is 6.18 Å². The molecule has 0 aliphatic heterocycles. The van der Waals surface area contributed by atoms with E-state index < -0.39 is 23.6 Å². The third-order valence-corrected chi connectivity index (χ3v) is 3.34. The largest absolute Gasteiger partial charge is 0.419 e. The van der Waals surface area contributed by atoms with Gasteiger partial charge in [0.2, 0.25) is 0 Å². The summed E-state index contributed by atoms with van der Waals surface area (Å²) >= 11 is 0. The van der Waals surface area contributed by atoms with E-state index in [1.165, 1.54) is 6.07 Å². The van der Waals surface area contributed by atoms with E-state index in [4.69, 9.17) is 5.73 Å². The van der Waals surface area contributed by atoms with Gasteiger partial charge in [0.1, 0.15) is 5.82 Å². The topological polar surface area (TPSA) is 26.0 Å². The molecule has 0 spiro atoms. The molecule has 0 saturated heterocycles. The fraction of sp³-hybridized carbons (Fsp3) is 0.625. The van der Waals surface area contributed by atoms with Gasteiger partial charge in [-0.2, -0.15) is 13.2 Å². The van der Waals surface area contributed by atoms with Gasteiger partial charge in [-0.05, 0) is 41.9 Å². The minimum Gasteiger partial charge on any atom is -0.324 e. The van der Waals surface area contributed by atoms with Gasteiger partial charge in [0.05, 0.1) is 5.56 Å². The van der Waals surface area contributed by atoms with Crippen LogP contribution < -0.4 is 5.73 Å². The molecular formula is C16H23F4N. The Morgan fingerprint density at radius 1 is 1.14 bits per heavy atom. The highest BCUT2D eigenvalue weighted by Gasteiger charge is 2.34. The van der Waals surface area contributed by atoms with E-state index in [-0.39, 0.29) is 5.41 Å². The summed E-state index contributed by atoms with van der Waals surface area (Å²) in [5.41, 5.74) is 5.31. The highest BCUT2D eigenvalue weighted by atomic mass is 19.4. The van der Waals surface area contributed by atoms with Gasteiger partial charge >= 0.3 is 6.18 Å². The predicted molar refractivity (Wildman–Crippen MR) is 76.2 cm³/mol. The molecule has 0 heterocycles. The first-order chi connectivity index (χ1) is 9.40. The summed E-state index contributed by atoms with van der Waals surface area (Å²) in [6.07, 6.45) is -3.11. The summed E-state index contributed by atoms with van der Waals surface area (Å²) in [5.74, 6) is -0.954. The second kappa shape index (κ2) is 6.34. The Morgan fingerprint density at radius 2 is 1.71 bits per heavy atom. The molecule has 0 fully saturated rings. The fourth-order valence-electron chi connectivity index (χ4n) is 2.69. The van der Waals surface area contributed by atoms with Crippen molar-refractivity contribution in [3.63, 3.8) is 0 Å². The van der Waals surface area contributed by atoms with Crippen molar-refractivity contribution in [2.75, 3.05) is 0 Å². The van der Waals surface area contributed by atoms with Crippen LogP contribution in [0.15, 0.2) is 18.2 Å². The van der Waals surface area contributed by atoms with Crippen LogP contribution in [0, 0.1) is 17.2 Å². The minimum atomic E-state index is -4.67. The average molecular weight is 305 g/mol. The lowest BCUT2D eigenvalue weighted by molar-refractivity contribution is -0.140. The molecule has 1 nitrogen and oxygen atoms in total. The lowest BCUT2D eigenvalue weighted by Crippen LogP contribution is -2.19. The van der Waals surface area contributed by atoms with Gasteiger partial charge in [0.15, 0.2) is 0 Å². The van der Waals surface area contributed by atoms with Crippen molar-refractivity contribution < 1.29 is 17.6 Å². The second-order valence-corrected chi connectivity index (χ2v) is 6.95. The Morgan fingerprint density at radius 3 is 2.14 bits per heavy atom. The van der Waals surface area contributed by atoms with E-state index in [9.17, 15) is 17.6 Å². The third-order valence-electron chi connectivity index (χ3n) is 3.34. The number of alkyl halides is 3. The summed E-state index contributed by atoms with van der Waals surface area (Å²) in [5, 5.41) is 0. The van der Waals surface area contributed by atoms with Crippen molar-refractivity contribution in [3.05, 3.63) is 35.1 Å².